The predicted molar refractivity (Wildman–Crippen MR) is 35.8 cm³/mol. The molecule has 0 fully saturated rings. The van der Waals surface area contributed by atoms with E-state index in [1.165, 1.54) is 0 Å². The van der Waals surface area contributed by atoms with Gasteiger partial charge in [-0.1, -0.05) is 18.8 Å². The maximum atomic E-state index is 9.17. The van der Waals surface area contributed by atoms with Crippen LogP contribution in [0.15, 0.2) is 0 Å². The minimum absolute atomic E-state index is 0.184. The molecule has 2 N–H and O–H groups in total. The molecule has 9 heavy (non-hydrogen) atoms. The van der Waals surface area contributed by atoms with Gasteiger partial charge in [0.05, 0.1) is 0 Å². The Morgan fingerprint density at radius 3 is 2.44 bits per heavy atom. The van der Waals surface area contributed by atoms with Gasteiger partial charge in [-0.3, -0.25) is 0 Å². The van der Waals surface area contributed by atoms with Crippen molar-refractivity contribution in [3.63, 3.8) is 0 Å². The molecule has 0 aromatic heterocycles. The zero-order chi connectivity index (χ0) is 7.33. The van der Waals surface area contributed by atoms with Gasteiger partial charge in [0, 0.05) is 0 Å². The maximum absolute atomic E-state index is 9.17. The van der Waals surface area contributed by atoms with Crippen LogP contribution in [0.1, 0.15) is 20.3 Å². The summed E-state index contributed by atoms with van der Waals surface area (Å²) in [4.78, 5) is 0. The van der Waals surface area contributed by atoms with Crippen LogP contribution in [0.2, 0.25) is 0 Å². The fourth-order valence-electron chi connectivity index (χ4n) is 0.318. The molecule has 0 aliphatic rings. The molecule has 0 saturated heterocycles. The fourth-order valence-corrected chi connectivity index (χ4v) is 0.318. The van der Waals surface area contributed by atoms with Crippen LogP contribution in [-0.4, -0.2) is 22.4 Å². The van der Waals surface area contributed by atoms with Gasteiger partial charge in [0.1, 0.15) is 12.2 Å². The van der Waals surface area contributed by atoms with E-state index in [1.54, 1.807) is 6.92 Å². The molecule has 0 saturated carbocycles. The summed E-state index contributed by atoms with van der Waals surface area (Å²) in [6.45, 7) is 3.28. The van der Waals surface area contributed by atoms with Crippen molar-refractivity contribution in [1.29, 1.82) is 0 Å². The first-order valence-electron chi connectivity index (χ1n) is 2.95. The van der Waals surface area contributed by atoms with Crippen molar-refractivity contribution in [2.24, 2.45) is 0 Å². The molecular weight excluding hydrogens is 116 g/mol. The van der Waals surface area contributed by atoms with Crippen molar-refractivity contribution < 1.29 is 10.2 Å². The van der Waals surface area contributed by atoms with Crippen LogP contribution >= 0.6 is 0 Å². The molecule has 0 unspecified atom stereocenters. The van der Waals surface area contributed by atoms with Gasteiger partial charge in [-0.2, -0.15) is 0 Å². The van der Waals surface area contributed by atoms with E-state index in [9.17, 15) is 0 Å². The number of aliphatic hydroxyl groups is 2. The Hall–Kier alpha value is -0.520. The second-order valence-electron chi connectivity index (χ2n) is 2.09. The van der Waals surface area contributed by atoms with Crippen LogP contribution < -0.4 is 0 Å². The molecule has 0 radical (unpaired) electrons. The van der Waals surface area contributed by atoms with E-state index in [0.29, 0.717) is 6.42 Å². The van der Waals surface area contributed by atoms with Gasteiger partial charge in [0.25, 0.3) is 0 Å². The Balaban J connectivity index is 3.84. The summed E-state index contributed by atoms with van der Waals surface area (Å²) in [6, 6.07) is 0. The zero-order valence-electron chi connectivity index (χ0n) is 5.81. The third kappa shape index (κ3) is 4.01. The summed E-state index contributed by atoms with van der Waals surface area (Å²) in [5.74, 6) is 4.91. The topological polar surface area (TPSA) is 40.5 Å². The van der Waals surface area contributed by atoms with Gasteiger partial charge < -0.3 is 10.2 Å². The predicted octanol–water partition coefficient (Wildman–Crippen LogP) is 0.143. The largest absolute Gasteiger partial charge is 0.384 e. The van der Waals surface area contributed by atoms with Crippen LogP contribution in [0.4, 0.5) is 0 Å². The number of hydrogen-bond acceptors (Lipinski definition) is 2. The Labute approximate surface area is 55.5 Å². The van der Waals surface area contributed by atoms with Crippen molar-refractivity contribution >= 4 is 0 Å². The highest BCUT2D eigenvalue weighted by Crippen LogP contribution is 2.04. The van der Waals surface area contributed by atoms with E-state index >= 15 is 0 Å². The maximum Gasteiger partial charge on any atom is 0.122 e. The van der Waals surface area contributed by atoms with Crippen LogP contribution in [0.3, 0.4) is 0 Å². The molecule has 1 atom stereocenters. The monoisotopic (exact) mass is 128 g/mol. The highest BCUT2D eigenvalue weighted by molar-refractivity contribution is 5.11. The molecule has 0 heterocycles. The summed E-state index contributed by atoms with van der Waals surface area (Å²) in [5.41, 5.74) is -0.928. The lowest BCUT2D eigenvalue weighted by atomic mass is 10.1. The molecular formula is C7H12O2. The Morgan fingerprint density at radius 2 is 2.11 bits per heavy atom. The molecule has 0 aromatic carbocycles. The Morgan fingerprint density at radius 1 is 1.56 bits per heavy atom. The second kappa shape index (κ2) is 3.49. The highest BCUT2D eigenvalue weighted by atomic mass is 16.3. The third-order valence-corrected chi connectivity index (χ3v) is 1.13. The van der Waals surface area contributed by atoms with Crippen molar-refractivity contribution in [1.82, 2.24) is 0 Å². The number of rotatable bonds is 1. The zero-order valence-corrected chi connectivity index (χ0v) is 5.81. The average Bonchev–Trinajstić information content (AvgIpc) is 1.84. The summed E-state index contributed by atoms with van der Waals surface area (Å²) >= 11 is 0. The van der Waals surface area contributed by atoms with Crippen molar-refractivity contribution in [3.05, 3.63) is 0 Å². The second-order valence-corrected chi connectivity index (χ2v) is 2.09. The lowest BCUT2D eigenvalue weighted by molar-refractivity contribution is 0.118. The Bertz CT molecular complexity index is 128. The van der Waals surface area contributed by atoms with E-state index in [-0.39, 0.29) is 6.61 Å². The van der Waals surface area contributed by atoms with Crippen LogP contribution in [0, 0.1) is 11.8 Å². The number of hydrogen-bond donors (Lipinski definition) is 2. The molecule has 2 heteroatoms. The number of aliphatic hydroxyl groups excluding tert-OH is 1. The molecule has 0 aromatic rings. The van der Waals surface area contributed by atoms with Crippen molar-refractivity contribution in [2.75, 3.05) is 6.61 Å². The summed E-state index contributed by atoms with van der Waals surface area (Å²) in [7, 11) is 0. The lowest BCUT2D eigenvalue weighted by Gasteiger charge is -2.11. The van der Waals surface area contributed by atoms with Crippen molar-refractivity contribution in [3.8, 4) is 11.8 Å². The SMILES string of the molecule is CC[C@@](C)(O)C#CCO. The average molecular weight is 128 g/mol. The Kier molecular flexibility index (Phi) is 3.29. The highest BCUT2D eigenvalue weighted by Gasteiger charge is 2.11. The molecule has 0 spiro atoms. The molecule has 52 valence electrons. The summed E-state index contributed by atoms with van der Waals surface area (Å²) in [5, 5.41) is 17.4. The van der Waals surface area contributed by atoms with E-state index in [2.05, 4.69) is 11.8 Å². The van der Waals surface area contributed by atoms with Gasteiger partial charge in [-0.05, 0) is 13.3 Å². The van der Waals surface area contributed by atoms with Crippen LogP contribution in [0.5, 0.6) is 0 Å². The van der Waals surface area contributed by atoms with Crippen LogP contribution in [-0.2, 0) is 0 Å². The molecule has 0 bridgehead atoms. The normalized spacial score (nSPS) is 15.6. The van der Waals surface area contributed by atoms with Gasteiger partial charge in [0.15, 0.2) is 0 Å². The summed E-state index contributed by atoms with van der Waals surface area (Å²) in [6.07, 6.45) is 0.583. The quantitative estimate of drug-likeness (QED) is 0.493. The molecule has 0 aliphatic carbocycles. The van der Waals surface area contributed by atoms with E-state index in [1.807, 2.05) is 6.92 Å². The first kappa shape index (κ1) is 8.48. The van der Waals surface area contributed by atoms with Gasteiger partial charge in [-0.15, -0.1) is 0 Å². The molecule has 0 amide bonds. The molecule has 0 aliphatic heterocycles. The smallest absolute Gasteiger partial charge is 0.122 e. The van der Waals surface area contributed by atoms with E-state index < -0.39 is 5.60 Å². The first-order valence-corrected chi connectivity index (χ1v) is 2.95. The standard InChI is InChI=1S/C7H12O2/c1-3-7(2,9)5-4-6-8/h8-9H,3,6H2,1-2H3/t7-/m1/s1. The third-order valence-electron chi connectivity index (χ3n) is 1.13. The minimum atomic E-state index is -0.928. The first-order chi connectivity index (χ1) is 4.12. The van der Waals surface area contributed by atoms with Gasteiger partial charge in [-0.25, -0.2) is 0 Å². The van der Waals surface area contributed by atoms with Crippen LogP contribution in [0.25, 0.3) is 0 Å². The van der Waals surface area contributed by atoms with Gasteiger partial charge >= 0.3 is 0 Å². The van der Waals surface area contributed by atoms with E-state index in [0.717, 1.165) is 0 Å². The minimum Gasteiger partial charge on any atom is -0.384 e. The summed E-state index contributed by atoms with van der Waals surface area (Å²) < 4.78 is 0. The van der Waals surface area contributed by atoms with Crippen molar-refractivity contribution in [2.45, 2.75) is 25.9 Å². The molecule has 0 rings (SSSR count). The molecule has 2 nitrogen and oxygen atoms in total. The van der Waals surface area contributed by atoms with E-state index in [4.69, 9.17) is 10.2 Å². The lowest BCUT2D eigenvalue weighted by Crippen LogP contribution is -2.19. The fraction of sp³-hybridized carbons (Fsp3) is 0.714. The van der Waals surface area contributed by atoms with Gasteiger partial charge in [0.2, 0.25) is 0 Å².